The summed E-state index contributed by atoms with van der Waals surface area (Å²) in [5.41, 5.74) is 8.76. The second-order valence-electron chi connectivity index (χ2n) is 11.0. The van der Waals surface area contributed by atoms with E-state index in [1.165, 1.54) is 48.7 Å². The number of nitrogens with two attached hydrogens (primary N) is 2. The van der Waals surface area contributed by atoms with Crippen LogP contribution in [0, 0.1) is 26.8 Å². The number of alkyl halides is 9. The lowest BCUT2D eigenvalue weighted by Gasteiger charge is -2.18. The molecule has 302 valence electrons. The average molecular weight is 816 g/mol. The van der Waals surface area contributed by atoms with E-state index < -0.39 is 69.2 Å². The fourth-order valence-corrected chi connectivity index (χ4v) is 4.23. The number of methoxy groups -OCH3 is 1. The second-order valence-corrected chi connectivity index (χ2v) is 11.0. The van der Waals surface area contributed by atoms with Crippen LogP contribution in [0.25, 0.3) is 4.85 Å². The molecule has 3 aromatic carbocycles. The maximum absolute atomic E-state index is 13.3. The zero-order chi connectivity index (χ0) is 43.3. The minimum Gasteiger partial charge on any atom is -0.469 e. The Balaban J connectivity index is 0.000000319. The smallest absolute Gasteiger partial charge is 0.454 e. The molecule has 14 nitrogen and oxygen atoms in total. The molecule has 4 N–H and O–H groups in total. The van der Waals surface area contributed by atoms with Crippen LogP contribution in [0.1, 0.15) is 49.6 Å². The predicted molar refractivity (Wildman–Crippen MR) is 182 cm³/mol. The first-order valence-electron chi connectivity index (χ1n) is 15.2. The van der Waals surface area contributed by atoms with Gasteiger partial charge in [-0.1, -0.05) is 54.6 Å². The fourth-order valence-electron chi connectivity index (χ4n) is 4.23. The number of nitrogens with zero attached hydrogens (tertiary/aromatic N) is 5. The first-order valence-corrected chi connectivity index (χ1v) is 15.2. The van der Waals surface area contributed by atoms with Crippen molar-refractivity contribution in [1.29, 1.82) is 0 Å². The van der Waals surface area contributed by atoms with Crippen LogP contribution in [-0.2, 0) is 11.2 Å². The summed E-state index contributed by atoms with van der Waals surface area (Å²) in [6, 6.07) is 11.0. The minimum absolute atomic E-state index is 0.127. The molecule has 0 aliphatic carbocycles. The van der Waals surface area contributed by atoms with Gasteiger partial charge in [-0.3, -0.25) is 34.8 Å². The number of aliphatic imine (C=N–C) groups is 1. The van der Waals surface area contributed by atoms with E-state index in [-0.39, 0.29) is 34.7 Å². The number of pyridine rings is 1. The number of halogens is 9. The van der Waals surface area contributed by atoms with Crippen LogP contribution in [0.4, 0.5) is 56.6 Å². The molecule has 0 saturated heterocycles. The zero-order valence-electron chi connectivity index (χ0n) is 28.7. The van der Waals surface area contributed by atoms with Crippen molar-refractivity contribution in [2.75, 3.05) is 7.11 Å². The summed E-state index contributed by atoms with van der Waals surface area (Å²) in [6.45, 7) is 6.86. The molecule has 2 unspecified atom stereocenters. The van der Waals surface area contributed by atoms with E-state index in [2.05, 4.69) is 19.6 Å². The summed E-state index contributed by atoms with van der Waals surface area (Å²) < 4.78 is 117. The molecule has 1 heterocycles. The summed E-state index contributed by atoms with van der Waals surface area (Å²) in [5.74, 6) is -2.47. The number of nitro groups is 2. The van der Waals surface area contributed by atoms with E-state index >= 15 is 0 Å². The number of non-ortho nitro benzene ring substituents is 2. The number of hydrogen-bond acceptors (Lipinski definition) is 10. The maximum Gasteiger partial charge on any atom is 0.454 e. The Kier molecular flexibility index (Phi) is 15.9. The highest BCUT2D eigenvalue weighted by molar-refractivity contribution is 6.00. The molecule has 2 atom stereocenters. The van der Waals surface area contributed by atoms with Gasteiger partial charge in [-0.15, -0.1) is 0 Å². The van der Waals surface area contributed by atoms with Crippen molar-refractivity contribution in [2.45, 2.75) is 37.0 Å². The molecule has 0 amide bonds. The Morgan fingerprint density at radius 2 is 1.40 bits per heavy atom. The van der Waals surface area contributed by atoms with Gasteiger partial charge in [-0.05, 0) is 22.8 Å². The number of nitro benzene ring substituents is 2. The van der Waals surface area contributed by atoms with E-state index in [4.69, 9.17) is 18.0 Å². The third-order valence-corrected chi connectivity index (χ3v) is 6.94. The Hall–Kier alpha value is -6.96. The van der Waals surface area contributed by atoms with Gasteiger partial charge in [0.05, 0.1) is 23.5 Å². The Labute approximate surface area is 314 Å². The molecule has 0 saturated carbocycles. The lowest BCUT2D eigenvalue weighted by atomic mass is 10.00. The van der Waals surface area contributed by atoms with Crippen LogP contribution in [0.15, 0.2) is 96.1 Å². The minimum atomic E-state index is -5.02. The van der Waals surface area contributed by atoms with Crippen molar-refractivity contribution < 1.29 is 63.7 Å². The topological polar surface area (TPSA) is 211 Å². The van der Waals surface area contributed by atoms with Gasteiger partial charge in [0.1, 0.15) is 11.7 Å². The summed E-state index contributed by atoms with van der Waals surface area (Å²) in [5, 5.41) is 20.5. The van der Waals surface area contributed by atoms with Crippen molar-refractivity contribution in [3.8, 4) is 0 Å². The molecule has 0 radical (unpaired) electrons. The van der Waals surface area contributed by atoms with Gasteiger partial charge in [-0.25, -0.2) is 9.84 Å². The first-order chi connectivity index (χ1) is 26.4. The van der Waals surface area contributed by atoms with Gasteiger partial charge in [-0.2, -0.15) is 39.5 Å². The largest absolute Gasteiger partial charge is 0.469 e. The lowest BCUT2D eigenvalue weighted by molar-refractivity contribution is -0.385. The van der Waals surface area contributed by atoms with Crippen LogP contribution in [0.5, 0.6) is 0 Å². The van der Waals surface area contributed by atoms with Crippen LogP contribution in [-0.4, -0.2) is 58.1 Å². The molecular formula is C34H26F9N7O7. The number of carbonyl (C=O) groups excluding carboxylic acids is 2. The Morgan fingerprint density at radius 3 is 1.89 bits per heavy atom. The van der Waals surface area contributed by atoms with Crippen molar-refractivity contribution >= 4 is 34.7 Å². The fraction of sp³-hybridized carbons (Fsp3) is 0.206. The number of rotatable bonds is 9. The number of carbonyl (C=O) groups is 2. The van der Waals surface area contributed by atoms with Gasteiger partial charge in [0, 0.05) is 42.4 Å². The third kappa shape index (κ3) is 14.3. The van der Waals surface area contributed by atoms with Crippen LogP contribution in [0.3, 0.4) is 0 Å². The zero-order valence-corrected chi connectivity index (χ0v) is 28.7. The molecule has 4 rings (SSSR count). The number of ether oxygens (including phenoxy) is 1. The maximum atomic E-state index is 13.3. The number of Topliss-reactive ketones (excluding diaryl/α,β-unsaturated/α-hetero) is 2. The van der Waals surface area contributed by atoms with E-state index in [1.54, 1.807) is 0 Å². The molecule has 23 heteroatoms. The highest BCUT2D eigenvalue weighted by atomic mass is 19.4. The average Bonchev–Trinajstić information content (AvgIpc) is 3.15. The molecule has 1 aromatic heterocycles. The summed E-state index contributed by atoms with van der Waals surface area (Å²) in [6.07, 6.45) is -13.2. The molecule has 0 aliphatic heterocycles. The highest BCUT2D eigenvalue weighted by Crippen LogP contribution is 2.36. The molecule has 0 bridgehead atoms. The van der Waals surface area contributed by atoms with Crippen LogP contribution >= 0.6 is 0 Å². The van der Waals surface area contributed by atoms with Gasteiger partial charge in [0.25, 0.3) is 23.2 Å². The monoisotopic (exact) mass is 815 g/mol. The number of ketones is 2. The molecule has 0 aliphatic rings. The lowest BCUT2D eigenvalue weighted by Crippen LogP contribution is -2.28. The van der Waals surface area contributed by atoms with Crippen molar-refractivity contribution in [3.05, 3.63) is 151 Å². The van der Waals surface area contributed by atoms with Gasteiger partial charge in [0.2, 0.25) is 5.69 Å². The standard InChI is InChI=1S/C18H15F3N4O2.C8H7F3N2O2.C8H4F3NO3/c1-23-13-6-7-14(24-10-13)15(26)9-11-4-3-5-12(8-11)16(18(19,20)21)25-17(22)27-2;9-8(10,11)7(12)5-2-1-3-6(4-5)13(14)15;9-8(10,11)7(13)5-2-1-3-6(4-5)12(14)15/h3-8,10,16H,9H2,2H3,(H2,22,25);1-4,7H,12H2;1-4H. The van der Waals surface area contributed by atoms with Crippen LogP contribution in [0.2, 0.25) is 0 Å². The van der Waals surface area contributed by atoms with Crippen molar-refractivity contribution in [2.24, 2.45) is 16.5 Å². The van der Waals surface area contributed by atoms with Crippen LogP contribution < -0.4 is 11.5 Å². The Bertz CT molecular complexity index is 2140. The summed E-state index contributed by atoms with van der Waals surface area (Å²) in [4.78, 5) is 52.3. The number of amidine groups is 1. The molecule has 0 spiro atoms. The van der Waals surface area contributed by atoms with Gasteiger partial charge < -0.3 is 16.2 Å². The summed E-state index contributed by atoms with van der Waals surface area (Å²) >= 11 is 0. The van der Waals surface area contributed by atoms with Crippen molar-refractivity contribution in [3.63, 3.8) is 0 Å². The molecular weight excluding hydrogens is 789 g/mol. The molecule has 0 fully saturated rings. The Morgan fingerprint density at radius 1 is 0.842 bits per heavy atom. The van der Waals surface area contributed by atoms with Gasteiger partial charge >= 0.3 is 18.5 Å². The highest BCUT2D eigenvalue weighted by Gasteiger charge is 2.42. The van der Waals surface area contributed by atoms with E-state index in [9.17, 15) is 69.3 Å². The normalized spacial score (nSPS) is 12.6. The SMILES string of the molecule is NC(c1cccc([N+](=O)[O-])c1)C(F)(F)F.O=C(c1cccc([N+](=O)[O-])c1)C(F)(F)F.[C-]#[N+]c1ccc(C(=O)Cc2cccc(C(N=C(N)OC)C(F)(F)F)c2)nc1. The van der Waals surface area contributed by atoms with Crippen molar-refractivity contribution in [1.82, 2.24) is 4.98 Å². The van der Waals surface area contributed by atoms with E-state index in [0.29, 0.717) is 11.6 Å². The third-order valence-electron chi connectivity index (χ3n) is 6.94. The second kappa shape index (κ2) is 19.6. The first kappa shape index (κ1) is 46.2. The molecule has 57 heavy (non-hydrogen) atoms. The number of hydrogen-bond donors (Lipinski definition) is 2. The van der Waals surface area contributed by atoms with E-state index in [0.717, 1.165) is 43.5 Å². The number of benzene rings is 3. The quantitative estimate of drug-likeness (QED) is 0.0315. The summed E-state index contributed by atoms with van der Waals surface area (Å²) in [7, 11) is 1.12. The molecule has 4 aromatic rings. The van der Waals surface area contributed by atoms with E-state index in [1.807, 2.05) is 0 Å². The predicted octanol–water partition coefficient (Wildman–Crippen LogP) is 8.12. The number of aromatic nitrogens is 1. The van der Waals surface area contributed by atoms with Gasteiger partial charge in [0.15, 0.2) is 11.8 Å².